The first kappa shape index (κ1) is 22.4. The maximum absolute atomic E-state index is 12.0. The summed E-state index contributed by atoms with van der Waals surface area (Å²) in [4.78, 5) is 17.8. The van der Waals surface area contributed by atoms with E-state index in [4.69, 9.17) is 4.74 Å². The zero-order chi connectivity index (χ0) is 21.7. The number of rotatable bonds is 5. The maximum atomic E-state index is 12.0. The molecule has 0 N–H and O–H groups in total. The Balaban J connectivity index is 1.94. The third-order valence-corrected chi connectivity index (χ3v) is 7.39. The number of nitrogens with zero attached hydrogens (tertiary/aromatic N) is 1. The number of ether oxygens (including phenoxy) is 1. The van der Waals surface area contributed by atoms with Crippen molar-refractivity contribution in [3.8, 4) is 11.8 Å². The maximum Gasteiger partial charge on any atom is 0.313 e. The van der Waals surface area contributed by atoms with E-state index in [1.165, 1.54) is 28.2 Å². The van der Waals surface area contributed by atoms with Crippen LogP contribution in [0.3, 0.4) is 0 Å². The number of aromatic nitrogens is 1. The average Bonchev–Trinajstić information content (AvgIpc) is 2.77. The Bertz CT molecular complexity index is 982. The molecule has 1 atom stereocenters. The monoisotopic (exact) mass is 421 g/mol. The molecule has 1 aliphatic heterocycles. The van der Waals surface area contributed by atoms with E-state index in [-0.39, 0.29) is 17.3 Å². The lowest BCUT2D eigenvalue weighted by atomic mass is 9.73. The lowest BCUT2D eigenvalue weighted by Crippen LogP contribution is -2.29. The second-order valence-electron chi connectivity index (χ2n) is 7.98. The molecule has 1 unspecified atom stereocenters. The van der Waals surface area contributed by atoms with Crippen molar-refractivity contribution in [2.24, 2.45) is 0 Å². The summed E-state index contributed by atoms with van der Waals surface area (Å²) in [5.41, 5.74) is 5.65. The number of benzene rings is 1. The molecule has 0 bridgehead atoms. The Hall–Kier alpha value is -2.25. The van der Waals surface area contributed by atoms with Gasteiger partial charge in [0, 0.05) is 28.4 Å². The van der Waals surface area contributed by atoms with Crippen molar-refractivity contribution >= 4 is 17.7 Å². The van der Waals surface area contributed by atoms with E-state index in [1.807, 2.05) is 31.7 Å². The van der Waals surface area contributed by atoms with Crippen LogP contribution < -0.4 is 0 Å². The summed E-state index contributed by atoms with van der Waals surface area (Å²) in [5, 5.41) is 0. The van der Waals surface area contributed by atoms with Crippen LogP contribution in [0.5, 0.6) is 0 Å². The van der Waals surface area contributed by atoms with Crippen LogP contribution in [-0.4, -0.2) is 23.3 Å². The molecule has 0 fully saturated rings. The molecule has 3 nitrogen and oxygen atoms in total. The molecule has 2 heterocycles. The molecule has 30 heavy (non-hydrogen) atoms. The molecule has 2 aromatic rings. The first-order chi connectivity index (χ1) is 14.4. The van der Waals surface area contributed by atoms with Crippen molar-refractivity contribution in [3.05, 3.63) is 58.4 Å². The summed E-state index contributed by atoms with van der Waals surface area (Å²) in [6, 6.07) is 6.56. The van der Waals surface area contributed by atoms with Crippen molar-refractivity contribution in [2.75, 3.05) is 12.4 Å². The molecule has 0 aliphatic carbocycles. The van der Waals surface area contributed by atoms with Crippen molar-refractivity contribution in [2.45, 2.75) is 70.1 Å². The topological polar surface area (TPSA) is 39.2 Å². The highest BCUT2D eigenvalue weighted by Gasteiger charge is 2.34. The average molecular weight is 422 g/mol. The highest BCUT2D eigenvalue weighted by molar-refractivity contribution is 7.99. The van der Waals surface area contributed by atoms with Crippen LogP contribution in [-0.2, 0) is 14.9 Å². The second-order valence-corrected chi connectivity index (χ2v) is 9.12. The summed E-state index contributed by atoms with van der Waals surface area (Å²) in [6.45, 7) is 10.8. The molecule has 3 rings (SSSR count). The number of pyridine rings is 1. The van der Waals surface area contributed by atoms with Gasteiger partial charge in [-0.15, -0.1) is 11.8 Å². The van der Waals surface area contributed by atoms with E-state index in [1.54, 1.807) is 12.4 Å². The van der Waals surface area contributed by atoms with Crippen LogP contribution in [0.2, 0.25) is 0 Å². The quantitative estimate of drug-likeness (QED) is 0.438. The smallest absolute Gasteiger partial charge is 0.313 e. The van der Waals surface area contributed by atoms with E-state index < -0.39 is 0 Å². The molecule has 0 saturated heterocycles. The summed E-state index contributed by atoms with van der Waals surface area (Å²) in [7, 11) is 0. The first-order valence-corrected chi connectivity index (χ1v) is 11.8. The molecule has 158 valence electrons. The zero-order valence-electron chi connectivity index (χ0n) is 18.7. The number of hydrogen-bond donors (Lipinski definition) is 0. The predicted octanol–water partition coefficient (Wildman–Crippen LogP) is 6.01. The lowest BCUT2D eigenvalue weighted by Gasteiger charge is -2.38. The summed E-state index contributed by atoms with van der Waals surface area (Å²) >= 11 is 1.97. The van der Waals surface area contributed by atoms with Crippen LogP contribution in [0.15, 0.2) is 35.5 Å². The standard InChI is InChI=1S/C26H31NO2S/c1-6-26(7-2)11-12-30-24-13-18(4)21(15-23(24)26)10-9-20-14-22(17-27-16-20)19(5)25(28)29-8-3/h13-17,19H,6-8,11-12H2,1-5H3. The van der Waals surface area contributed by atoms with Gasteiger partial charge in [0.05, 0.1) is 12.5 Å². The van der Waals surface area contributed by atoms with E-state index in [0.717, 1.165) is 29.5 Å². The normalized spacial score (nSPS) is 15.5. The fraction of sp³-hybridized carbons (Fsp3) is 0.462. The Morgan fingerprint density at radius 3 is 2.67 bits per heavy atom. The van der Waals surface area contributed by atoms with Gasteiger partial charge in [0.15, 0.2) is 0 Å². The number of fused-ring (bicyclic) bond motifs is 1. The van der Waals surface area contributed by atoms with E-state index in [2.05, 4.69) is 49.7 Å². The Kier molecular flexibility index (Phi) is 7.26. The molecular formula is C26H31NO2S. The minimum atomic E-state index is -0.351. The van der Waals surface area contributed by atoms with Gasteiger partial charge in [-0.2, -0.15) is 0 Å². The summed E-state index contributed by atoms with van der Waals surface area (Å²) < 4.78 is 5.13. The summed E-state index contributed by atoms with van der Waals surface area (Å²) in [6.07, 6.45) is 7.01. The first-order valence-electron chi connectivity index (χ1n) is 10.9. The van der Waals surface area contributed by atoms with Gasteiger partial charge in [-0.25, -0.2) is 0 Å². The molecule has 0 spiro atoms. The van der Waals surface area contributed by atoms with Gasteiger partial charge in [-0.05, 0) is 86.1 Å². The van der Waals surface area contributed by atoms with Gasteiger partial charge in [-0.1, -0.05) is 25.7 Å². The van der Waals surface area contributed by atoms with Gasteiger partial charge >= 0.3 is 5.97 Å². The van der Waals surface area contributed by atoms with Crippen molar-refractivity contribution < 1.29 is 9.53 Å². The second kappa shape index (κ2) is 9.71. The fourth-order valence-corrected chi connectivity index (χ4v) is 5.53. The van der Waals surface area contributed by atoms with Gasteiger partial charge in [0.1, 0.15) is 0 Å². The van der Waals surface area contributed by atoms with Crippen molar-refractivity contribution in [1.29, 1.82) is 0 Å². The molecule has 0 amide bonds. The van der Waals surface area contributed by atoms with Gasteiger partial charge in [0.25, 0.3) is 0 Å². The summed E-state index contributed by atoms with van der Waals surface area (Å²) in [5.74, 6) is 7.24. The number of thioether (sulfide) groups is 1. The van der Waals surface area contributed by atoms with E-state index >= 15 is 0 Å². The molecular weight excluding hydrogens is 390 g/mol. The predicted molar refractivity (Wildman–Crippen MR) is 124 cm³/mol. The highest BCUT2D eigenvalue weighted by atomic mass is 32.2. The van der Waals surface area contributed by atoms with Crippen LogP contribution in [0.4, 0.5) is 0 Å². The van der Waals surface area contributed by atoms with Crippen LogP contribution in [0, 0.1) is 18.8 Å². The van der Waals surface area contributed by atoms with Crippen LogP contribution in [0.25, 0.3) is 0 Å². The molecule has 1 aliphatic rings. The number of hydrogen-bond acceptors (Lipinski definition) is 4. The van der Waals surface area contributed by atoms with Crippen molar-refractivity contribution in [1.82, 2.24) is 4.98 Å². The minimum absolute atomic E-state index is 0.233. The number of carbonyl (C=O) groups excluding carboxylic acids is 1. The zero-order valence-corrected chi connectivity index (χ0v) is 19.5. The van der Waals surface area contributed by atoms with E-state index in [9.17, 15) is 4.79 Å². The third kappa shape index (κ3) is 4.57. The largest absolute Gasteiger partial charge is 0.466 e. The van der Waals surface area contributed by atoms with E-state index in [0.29, 0.717) is 6.61 Å². The van der Waals surface area contributed by atoms with Crippen molar-refractivity contribution in [3.63, 3.8) is 0 Å². The van der Waals surface area contributed by atoms with Gasteiger partial charge in [-0.3, -0.25) is 9.78 Å². The molecule has 1 aromatic heterocycles. The molecule has 0 saturated carbocycles. The van der Waals surface area contributed by atoms with Gasteiger partial charge < -0.3 is 4.74 Å². The Morgan fingerprint density at radius 2 is 1.97 bits per heavy atom. The number of carbonyl (C=O) groups is 1. The number of aryl methyl sites for hydroxylation is 1. The van der Waals surface area contributed by atoms with Crippen LogP contribution >= 0.6 is 11.8 Å². The third-order valence-electron chi connectivity index (χ3n) is 6.33. The number of esters is 1. The SMILES string of the molecule is CCOC(=O)C(C)c1cncc(C#Cc2cc3c(cc2C)SCCC3(CC)CC)c1. The fourth-order valence-electron chi connectivity index (χ4n) is 4.13. The van der Waals surface area contributed by atoms with Gasteiger partial charge in [0.2, 0.25) is 0 Å². The lowest BCUT2D eigenvalue weighted by molar-refractivity contribution is -0.144. The molecule has 1 aromatic carbocycles. The Labute approximate surface area is 185 Å². The van der Waals surface area contributed by atoms with Crippen LogP contribution in [0.1, 0.15) is 80.7 Å². The molecule has 4 heteroatoms. The molecule has 0 radical (unpaired) electrons. The highest BCUT2D eigenvalue weighted by Crippen LogP contribution is 2.46. The minimum Gasteiger partial charge on any atom is -0.466 e. The Morgan fingerprint density at radius 1 is 1.20 bits per heavy atom.